The van der Waals surface area contributed by atoms with E-state index in [2.05, 4.69) is 4.72 Å². The minimum atomic E-state index is -3.63. The average molecular weight is 290 g/mol. The quantitative estimate of drug-likeness (QED) is 0.850. The molecule has 4 nitrogen and oxygen atoms in total. The van der Waals surface area contributed by atoms with E-state index in [4.69, 9.17) is 5.73 Å². The zero-order valence-electron chi connectivity index (χ0n) is 11.5. The van der Waals surface area contributed by atoms with Crippen LogP contribution in [0, 0.1) is 6.92 Å². The first-order chi connectivity index (χ1) is 9.42. The fourth-order valence-corrected chi connectivity index (χ4v) is 3.51. The van der Waals surface area contributed by atoms with Gasteiger partial charge in [0, 0.05) is 6.04 Å². The molecule has 0 aliphatic rings. The molecule has 1 atom stereocenters. The van der Waals surface area contributed by atoms with Crippen LogP contribution in [0.5, 0.6) is 0 Å². The summed E-state index contributed by atoms with van der Waals surface area (Å²) < 4.78 is 27.4. The van der Waals surface area contributed by atoms with Gasteiger partial charge in [0.15, 0.2) is 0 Å². The fraction of sp³-hybridized carbons (Fsp3) is 0.200. The number of sulfonamides is 1. The highest BCUT2D eigenvalue weighted by atomic mass is 32.2. The zero-order valence-corrected chi connectivity index (χ0v) is 12.3. The molecule has 0 radical (unpaired) electrons. The van der Waals surface area contributed by atoms with E-state index in [0.717, 1.165) is 11.1 Å². The van der Waals surface area contributed by atoms with Crippen LogP contribution in [-0.4, -0.2) is 8.42 Å². The molecule has 106 valence electrons. The second-order valence-electron chi connectivity index (χ2n) is 4.74. The monoisotopic (exact) mass is 290 g/mol. The standard InChI is InChI=1S/C15H18N2O2S/c1-11-7-3-4-8-13(11)12(2)17-20(18,19)15-10-6-5-9-14(15)16/h3-10,12,17H,16H2,1-2H3. The number of nitrogen functional groups attached to an aromatic ring is 1. The van der Waals surface area contributed by atoms with Gasteiger partial charge < -0.3 is 5.73 Å². The third-order valence-electron chi connectivity index (χ3n) is 3.20. The molecule has 5 heteroatoms. The molecule has 3 N–H and O–H groups in total. The Labute approximate surface area is 119 Å². The number of anilines is 1. The molecule has 0 bridgehead atoms. The van der Waals surface area contributed by atoms with Crippen molar-refractivity contribution in [2.24, 2.45) is 0 Å². The second-order valence-corrected chi connectivity index (χ2v) is 6.42. The number of hydrogen-bond donors (Lipinski definition) is 2. The van der Waals surface area contributed by atoms with Crippen LogP contribution in [0.1, 0.15) is 24.1 Å². The van der Waals surface area contributed by atoms with Crippen LogP contribution in [0.25, 0.3) is 0 Å². The molecular formula is C15H18N2O2S. The Kier molecular flexibility index (Phi) is 4.11. The summed E-state index contributed by atoms with van der Waals surface area (Å²) in [7, 11) is -3.63. The highest BCUT2D eigenvalue weighted by molar-refractivity contribution is 7.89. The van der Waals surface area contributed by atoms with Crippen LogP contribution in [0.4, 0.5) is 5.69 Å². The van der Waals surface area contributed by atoms with Gasteiger partial charge in [0.2, 0.25) is 10.0 Å². The van der Waals surface area contributed by atoms with Gasteiger partial charge in [-0.1, -0.05) is 36.4 Å². The minimum absolute atomic E-state index is 0.112. The molecule has 1 unspecified atom stereocenters. The van der Waals surface area contributed by atoms with Gasteiger partial charge in [-0.05, 0) is 37.1 Å². The molecule has 0 heterocycles. The van der Waals surface area contributed by atoms with Crippen LogP contribution in [0.15, 0.2) is 53.4 Å². The molecule has 0 aromatic heterocycles. The lowest BCUT2D eigenvalue weighted by atomic mass is 10.0. The lowest BCUT2D eigenvalue weighted by molar-refractivity contribution is 0.567. The van der Waals surface area contributed by atoms with Gasteiger partial charge in [-0.3, -0.25) is 0 Å². The third kappa shape index (κ3) is 3.00. The maximum Gasteiger partial charge on any atom is 0.243 e. The van der Waals surface area contributed by atoms with Crippen molar-refractivity contribution < 1.29 is 8.42 Å². The number of benzene rings is 2. The molecular weight excluding hydrogens is 272 g/mol. The Morgan fingerprint density at radius 2 is 1.65 bits per heavy atom. The van der Waals surface area contributed by atoms with E-state index in [9.17, 15) is 8.42 Å². The SMILES string of the molecule is Cc1ccccc1C(C)NS(=O)(=O)c1ccccc1N. The third-order valence-corrected chi connectivity index (χ3v) is 4.81. The van der Waals surface area contributed by atoms with Crippen molar-refractivity contribution in [1.29, 1.82) is 0 Å². The number of para-hydroxylation sites is 1. The second kappa shape index (κ2) is 5.64. The Morgan fingerprint density at radius 3 is 2.30 bits per heavy atom. The van der Waals surface area contributed by atoms with Crippen LogP contribution in [0.2, 0.25) is 0 Å². The molecule has 0 saturated carbocycles. The van der Waals surface area contributed by atoms with Crippen LogP contribution in [-0.2, 0) is 10.0 Å². The summed E-state index contributed by atoms with van der Waals surface area (Å²) in [6.07, 6.45) is 0. The lowest BCUT2D eigenvalue weighted by Gasteiger charge is -2.17. The summed E-state index contributed by atoms with van der Waals surface area (Å²) in [6, 6.07) is 13.8. The lowest BCUT2D eigenvalue weighted by Crippen LogP contribution is -2.28. The van der Waals surface area contributed by atoms with Gasteiger partial charge in [0.1, 0.15) is 4.90 Å². The highest BCUT2D eigenvalue weighted by Gasteiger charge is 2.20. The van der Waals surface area contributed by atoms with Crippen molar-refractivity contribution in [3.8, 4) is 0 Å². The van der Waals surface area contributed by atoms with Gasteiger partial charge in [0.05, 0.1) is 5.69 Å². The number of rotatable bonds is 4. The summed E-state index contributed by atoms with van der Waals surface area (Å²) in [5, 5.41) is 0. The molecule has 0 aliphatic carbocycles. The number of aryl methyl sites for hydroxylation is 1. The molecule has 2 rings (SSSR count). The maximum absolute atomic E-state index is 12.4. The fourth-order valence-electron chi connectivity index (χ4n) is 2.16. The molecule has 0 saturated heterocycles. The minimum Gasteiger partial charge on any atom is -0.398 e. The largest absolute Gasteiger partial charge is 0.398 e. The maximum atomic E-state index is 12.4. The Balaban J connectivity index is 2.30. The van der Waals surface area contributed by atoms with E-state index in [1.165, 1.54) is 6.07 Å². The first-order valence-electron chi connectivity index (χ1n) is 6.34. The van der Waals surface area contributed by atoms with E-state index in [1.807, 2.05) is 38.1 Å². The van der Waals surface area contributed by atoms with Crippen molar-refractivity contribution in [1.82, 2.24) is 4.72 Å². The summed E-state index contributed by atoms with van der Waals surface area (Å²) in [5.41, 5.74) is 7.97. The van der Waals surface area contributed by atoms with Crippen LogP contribution >= 0.6 is 0 Å². The van der Waals surface area contributed by atoms with Gasteiger partial charge in [-0.25, -0.2) is 13.1 Å². The van der Waals surface area contributed by atoms with Gasteiger partial charge in [-0.2, -0.15) is 0 Å². The molecule has 2 aromatic rings. The zero-order chi connectivity index (χ0) is 14.8. The molecule has 2 aromatic carbocycles. The predicted octanol–water partition coefficient (Wildman–Crippen LogP) is 2.62. The van der Waals surface area contributed by atoms with Gasteiger partial charge in [-0.15, -0.1) is 0 Å². The van der Waals surface area contributed by atoms with Gasteiger partial charge in [0.25, 0.3) is 0 Å². The van der Waals surface area contributed by atoms with E-state index in [0.29, 0.717) is 0 Å². The van der Waals surface area contributed by atoms with E-state index in [1.54, 1.807) is 18.2 Å². The normalized spacial score (nSPS) is 13.1. The molecule has 0 amide bonds. The van der Waals surface area contributed by atoms with Gasteiger partial charge >= 0.3 is 0 Å². The van der Waals surface area contributed by atoms with Crippen molar-refractivity contribution in [3.63, 3.8) is 0 Å². The summed E-state index contributed by atoms with van der Waals surface area (Å²) >= 11 is 0. The van der Waals surface area contributed by atoms with Crippen molar-refractivity contribution in [2.45, 2.75) is 24.8 Å². The van der Waals surface area contributed by atoms with Crippen molar-refractivity contribution >= 4 is 15.7 Å². The van der Waals surface area contributed by atoms with E-state index in [-0.39, 0.29) is 16.6 Å². The van der Waals surface area contributed by atoms with Crippen molar-refractivity contribution in [2.75, 3.05) is 5.73 Å². The van der Waals surface area contributed by atoms with Crippen LogP contribution < -0.4 is 10.5 Å². The summed E-state index contributed by atoms with van der Waals surface area (Å²) in [5.74, 6) is 0. The van der Waals surface area contributed by atoms with E-state index < -0.39 is 10.0 Å². The summed E-state index contributed by atoms with van der Waals surface area (Å²) in [4.78, 5) is 0.112. The smallest absolute Gasteiger partial charge is 0.243 e. The first-order valence-corrected chi connectivity index (χ1v) is 7.82. The molecule has 20 heavy (non-hydrogen) atoms. The first kappa shape index (κ1) is 14.6. The van der Waals surface area contributed by atoms with Crippen molar-refractivity contribution in [3.05, 3.63) is 59.7 Å². The highest BCUT2D eigenvalue weighted by Crippen LogP contribution is 2.22. The average Bonchev–Trinajstić information content (AvgIpc) is 2.38. The number of nitrogens with one attached hydrogen (secondary N) is 1. The molecule has 0 spiro atoms. The van der Waals surface area contributed by atoms with E-state index >= 15 is 0 Å². The molecule has 0 fully saturated rings. The Morgan fingerprint density at radius 1 is 1.05 bits per heavy atom. The number of hydrogen-bond acceptors (Lipinski definition) is 3. The predicted molar refractivity (Wildman–Crippen MR) is 80.8 cm³/mol. The number of nitrogens with two attached hydrogens (primary N) is 1. The Hall–Kier alpha value is -1.85. The molecule has 0 aliphatic heterocycles. The summed E-state index contributed by atoms with van der Waals surface area (Å²) in [6.45, 7) is 3.77. The topological polar surface area (TPSA) is 72.2 Å². The van der Waals surface area contributed by atoms with Crippen LogP contribution in [0.3, 0.4) is 0 Å². The Bertz CT molecular complexity index is 711.